The molecule has 148 valence electrons. The Bertz CT molecular complexity index is 978. The molecule has 0 aliphatic carbocycles. The minimum absolute atomic E-state index is 0.203. The molecule has 1 saturated heterocycles. The van der Waals surface area contributed by atoms with Gasteiger partial charge in [0.05, 0.1) is 11.8 Å². The number of benzene rings is 1. The summed E-state index contributed by atoms with van der Waals surface area (Å²) < 4.78 is 5.08. The highest BCUT2D eigenvalue weighted by molar-refractivity contribution is 6.08. The summed E-state index contributed by atoms with van der Waals surface area (Å²) >= 11 is 0. The first kappa shape index (κ1) is 18.7. The number of piperidine rings is 1. The standard InChI is InChI=1S/C22H22N4O3/c27-21(18-6-4-12-23-20(18)26-13-2-1-3-14-26)24-16-8-10-17(11-9-16)25-22(28)19-7-5-15-29-19/h4-12,15H,1-3,13-14H2,(H,24,27)(H,25,28). The van der Waals surface area contributed by atoms with Gasteiger partial charge in [-0.25, -0.2) is 4.98 Å². The fourth-order valence-corrected chi connectivity index (χ4v) is 3.37. The van der Waals surface area contributed by atoms with E-state index >= 15 is 0 Å². The summed E-state index contributed by atoms with van der Waals surface area (Å²) in [6, 6.07) is 13.8. The number of carbonyl (C=O) groups is 2. The number of anilines is 3. The summed E-state index contributed by atoms with van der Waals surface area (Å²) in [5.41, 5.74) is 1.81. The molecule has 3 heterocycles. The maximum absolute atomic E-state index is 12.8. The zero-order chi connectivity index (χ0) is 20.1. The molecule has 1 fully saturated rings. The van der Waals surface area contributed by atoms with Gasteiger partial charge < -0.3 is 20.0 Å². The Labute approximate surface area is 168 Å². The van der Waals surface area contributed by atoms with Crippen LogP contribution >= 0.6 is 0 Å². The van der Waals surface area contributed by atoms with Crippen molar-refractivity contribution in [3.63, 3.8) is 0 Å². The van der Waals surface area contributed by atoms with E-state index in [2.05, 4.69) is 20.5 Å². The third-order valence-electron chi connectivity index (χ3n) is 4.83. The number of pyridine rings is 1. The van der Waals surface area contributed by atoms with Gasteiger partial charge in [-0.15, -0.1) is 0 Å². The van der Waals surface area contributed by atoms with E-state index in [1.54, 1.807) is 54.7 Å². The zero-order valence-corrected chi connectivity index (χ0v) is 15.9. The third kappa shape index (κ3) is 4.45. The lowest BCUT2D eigenvalue weighted by Crippen LogP contribution is -2.32. The Kier molecular flexibility index (Phi) is 5.56. The first-order valence-corrected chi connectivity index (χ1v) is 9.67. The van der Waals surface area contributed by atoms with E-state index < -0.39 is 0 Å². The molecule has 1 aliphatic rings. The fraction of sp³-hybridized carbons (Fsp3) is 0.227. The fourth-order valence-electron chi connectivity index (χ4n) is 3.37. The van der Waals surface area contributed by atoms with Crippen molar-refractivity contribution >= 4 is 29.0 Å². The summed E-state index contributed by atoms with van der Waals surface area (Å²) in [6.45, 7) is 1.84. The lowest BCUT2D eigenvalue weighted by Gasteiger charge is -2.29. The van der Waals surface area contributed by atoms with Crippen LogP contribution in [0.5, 0.6) is 0 Å². The molecule has 2 aromatic heterocycles. The Morgan fingerprint density at radius 2 is 1.55 bits per heavy atom. The number of aromatic nitrogens is 1. The van der Waals surface area contributed by atoms with Crippen molar-refractivity contribution in [3.05, 3.63) is 72.3 Å². The Morgan fingerprint density at radius 1 is 0.862 bits per heavy atom. The number of furan rings is 1. The van der Waals surface area contributed by atoms with Gasteiger partial charge in [-0.3, -0.25) is 9.59 Å². The Balaban J connectivity index is 1.43. The number of hydrogen-bond acceptors (Lipinski definition) is 5. The van der Waals surface area contributed by atoms with Crippen LogP contribution in [-0.4, -0.2) is 29.9 Å². The lowest BCUT2D eigenvalue weighted by molar-refractivity contribution is 0.0994. The molecule has 1 aliphatic heterocycles. The summed E-state index contributed by atoms with van der Waals surface area (Å²) in [5.74, 6) is 0.440. The second-order valence-electron chi connectivity index (χ2n) is 6.89. The molecule has 1 aromatic carbocycles. The SMILES string of the molecule is O=C(Nc1ccc(NC(=O)c2cccnc2N2CCCCC2)cc1)c1ccco1. The van der Waals surface area contributed by atoms with Crippen molar-refractivity contribution in [1.82, 2.24) is 4.98 Å². The molecule has 2 N–H and O–H groups in total. The number of nitrogens with zero attached hydrogens (tertiary/aromatic N) is 2. The zero-order valence-electron chi connectivity index (χ0n) is 15.9. The van der Waals surface area contributed by atoms with Crippen LogP contribution in [0, 0.1) is 0 Å². The number of nitrogens with one attached hydrogen (secondary N) is 2. The van der Waals surface area contributed by atoms with Crippen LogP contribution < -0.4 is 15.5 Å². The number of amides is 2. The van der Waals surface area contributed by atoms with Crippen LogP contribution in [-0.2, 0) is 0 Å². The summed E-state index contributed by atoms with van der Waals surface area (Å²) in [5, 5.41) is 5.66. The molecular formula is C22H22N4O3. The van der Waals surface area contributed by atoms with Crippen molar-refractivity contribution in [1.29, 1.82) is 0 Å². The van der Waals surface area contributed by atoms with E-state index in [1.807, 2.05) is 0 Å². The van der Waals surface area contributed by atoms with Crippen LogP contribution in [0.2, 0.25) is 0 Å². The number of hydrogen-bond donors (Lipinski definition) is 2. The molecule has 0 spiro atoms. The van der Waals surface area contributed by atoms with Crippen LogP contribution in [0.25, 0.3) is 0 Å². The molecule has 29 heavy (non-hydrogen) atoms. The normalized spacial score (nSPS) is 13.7. The molecule has 0 radical (unpaired) electrons. The van der Waals surface area contributed by atoms with E-state index in [0.717, 1.165) is 31.7 Å². The smallest absolute Gasteiger partial charge is 0.291 e. The van der Waals surface area contributed by atoms with Gasteiger partial charge in [-0.1, -0.05) is 0 Å². The predicted molar refractivity (Wildman–Crippen MR) is 111 cm³/mol. The first-order valence-electron chi connectivity index (χ1n) is 9.67. The average Bonchev–Trinajstić information content (AvgIpc) is 3.31. The van der Waals surface area contributed by atoms with E-state index in [-0.39, 0.29) is 17.6 Å². The molecular weight excluding hydrogens is 368 g/mol. The highest BCUT2D eigenvalue weighted by atomic mass is 16.3. The Hall–Kier alpha value is -3.61. The average molecular weight is 390 g/mol. The molecule has 3 aromatic rings. The van der Waals surface area contributed by atoms with Crippen LogP contribution in [0.1, 0.15) is 40.2 Å². The maximum Gasteiger partial charge on any atom is 0.291 e. The van der Waals surface area contributed by atoms with Crippen molar-refractivity contribution in [2.75, 3.05) is 28.6 Å². The van der Waals surface area contributed by atoms with Gasteiger partial charge >= 0.3 is 0 Å². The molecule has 2 amide bonds. The van der Waals surface area contributed by atoms with Crippen LogP contribution in [0.4, 0.5) is 17.2 Å². The van der Waals surface area contributed by atoms with E-state index in [0.29, 0.717) is 16.9 Å². The Morgan fingerprint density at radius 3 is 2.21 bits per heavy atom. The minimum Gasteiger partial charge on any atom is -0.459 e. The largest absolute Gasteiger partial charge is 0.459 e. The first-order chi connectivity index (χ1) is 14.2. The van der Waals surface area contributed by atoms with Crippen molar-refractivity contribution in [3.8, 4) is 0 Å². The van der Waals surface area contributed by atoms with Gasteiger partial charge in [-0.05, 0) is 67.8 Å². The van der Waals surface area contributed by atoms with Gasteiger partial charge in [-0.2, -0.15) is 0 Å². The van der Waals surface area contributed by atoms with Crippen molar-refractivity contribution in [2.24, 2.45) is 0 Å². The monoisotopic (exact) mass is 390 g/mol. The molecule has 0 saturated carbocycles. The molecule has 0 unspecified atom stereocenters. The van der Waals surface area contributed by atoms with Gasteiger partial charge in [0.1, 0.15) is 5.82 Å². The molecule has 7 nitrogen and oxygen atoms in total. The molecule has 0 bridgehead atoms. The highest BCUT2D eigenvalue weighted by Crippen LogP contribution is 2.23. The van der Waals surface area contributed by atoms with Crippen molar-refractivity contribution in [2.45, 2.75) is 19.3 Å². The maximum atomic E-state index is 12.8. The van der Waals surface area contributed by atoms with Gasteiger partial charge in [0.2, 0.25) is 0 Å². The van der Waals surface area contributed by atoms with Crippen LogP contribution in [0.3, 0.4) is 0 Å². The quantitative estimate of drug-likeness (QED) is 0.683. The predicted octanol–water partition coefficient (Wildman–Crippen LogP) is 4.17. The van der Waals surface area contributed by atoms with Crippen molar-refractivity contribution < 1.29 is 14.0 Å². The van der Waals surface area contributed by atoms with Gasteiger partial charge in [0.15, 0.2) is 5.76 Å². The number of carbonyl (C=O) groups excluding carboxylic acids is 2. The summed E-state index contributed by atoms with van der Waals surface area (Å²) in [7, 11) is 0. The van der Waals surface area contributed by atoms with Gasteiger partial charge in [0, 0.05) is 30.7 Å². The van der Waals surface area contributed by atoms with E-state index in [1.165, 1.54) is 12.7 Å². The van der Waals surface area contributed by atoms with Crippen LogP contribution in [0.15, 0.2) is 65.4 Å². The summed E-state index contributed by atoms with van der Waals surface area (Å²) in [6.07, 6.45) is 6.61. The van der Waals surface area contributed by atoms with E-state index in [4.69, 9.17) is 4.42 Å². The third-order valence-corrected chi connectivity index (χ3v) is 4.83. The minimum atomic E-state index is -0.326. The molecule has 7 heteroatoms. The second kappa shape index (κ2) is 8.60. The molecule has 4 rings (SSSR count). The lowest BCUT2D eigenvalue weighted by atomic mass is 10.1. The van der Waals surface area contributed by atoms with E-state index in [9.17, 15) is 9.59 Å². The second-order valence-corrected chi connectivity index (χ2v) is 6.89. The summed E-state index contributed by atoms with van der Waals surface area (Å²) in [4.78, 5) is 31.5. The molecule has 0 atom stereocenters. The number of rotatable bonds is 5. The van der Waals surface area contributed by atoms with Gasteiger partial charge in [0.25, 0.3) is 11.8 Å². The topological polar surface area (TPSA) is 87.5 Å². The highest BCUT2D eigenvalue weighted by Gasteiger charge is 2.19.